The van der Waals surface area contributed by atoms with Crippen LogP contribution >= 0.6 is 0 Å². The van der Waals surface area contributed by atoms with E-state index in [4.69, 9.17) is 10.5 Å². The third-order valence-electron chi connectivity index (χ3n) is 3.49. The smallest absolute Gasteiger partial charge is 0.330 e. The van der Waals surface area contributed by atoms with Crippen molar-refractivity contribution in [2.75, 3.05) is 13.2 Å². The molecule has 1 aromatic rings. The van der Waals surface area contributed by atoms with E-state index in [1.165, 1.54) is 0 Å². The van der Waals surface area contributed by atoms with Crippen molar-refractivity contribution in [1.82, 2.24) is 5.32 Å². The second-order valence-corrected chi connectivity index (χ2v) is 4.92. The van der Waals surface area contributed by atoms with Crippen LogP contribution in [0.4, 0.5) is 0 Å². The summed E-state index contributed by atoms with van der Waals surface area (Å²) in [5, 5.41) is 11.8. The average molecular weight is 278 g/mol. The number of carboxylic acids is 1. The van der Waals surface area contributed by atoms with Gasteiger partial charge in [0.25, 0.3) is 0 Å². The van der Waals surface area contributed by atoms with Gasteiger partial charge in [-0.2, -0.15) is 0 Å². The summed E-state index contributed by atoms with van der Waals surface area (Å²) in [6.07, 6.45) is 0.778. The molecule has 108 valence electrons. The number of hydrogen-bond acceptors (Lipinski definition) is 4. The minimum atomic E-state index is -1.11. The summed E-state index contributed by atoms with van der Waals surface area (Å²) in [5.41, 5.74) is 5.51. The summed E-state index contributed by atoms with van der Waals surface area (Å²) in [5.74, 6) is -1.56. The molecule has 1 amide bonds. The summed E-state index contributed by atoms with van der Waals surface area (Å²) >= 11 is 0. The van der Waals surface area contributed by atoms with Gasteiger partial charge in [0.1, 0.15) is 0 Å². The molecule has 1 aliphatic rings. The van der Waals surface area contributed by atoms with Crippen molar-refractivity contribution < 1.29 is 19.4 Å². The second-order valence-electron chi connectivity index (χ2n) is 4.92. The number of carbonyl (C=O) groups is 2. The highest BCUT2D eigenvalue weighted by molar-refractivity contribution is 5.90. The average Bonchev–Trinajstić information content (AvgIpc) is 2.45. The molecule has 0 spiro atoms. The fourth-order valence-corrected chi connectivity index (χ4v) is 2.17. The molecule has 20 heavy (non-hydrogen) atoms. The molecular weight excluding hydrogens is 260 g/mol. The fraction of sp³-hybridized carbons (Fsp3) is 0.429. The van der Waals surface area contributed by atoms with Gasteiger partial charge in [0, 0.05) is 13.2 Å². The molecule has 1 aliphatic heterocycles. The van der Waals surface area contributed by atoms with Crippen LogP contribution in [-0.2, 0) is 14.3 Å². The Morgan fingerprint density at radius 1 is 1.25 bits per heavy atom. The predicted octanol–water partition coefficient (Wildman–Crippen LogP) is 0.436. The fourth-order valence-electron chi connectivity index (χ4n) is 2.17. The molecule has 1 saturated heterocycles. The van der Waals surface area contributed by atoms with Crippen LogP contribution in [0, 0.1) is 0 Å². The molecule has 1 unspecified atom stereocenters. The monoisotopic (exact) mass is 278 g/mol. The summed E-state index contributed by atoms with van der Waals surface area (Å²) in [7, 11) is 0. The standard InChI is InChI=1S/C14H18N2O4/c15-14(6-8-20-9-7-14)13(19)16-11(12(17)18)10-4-2-1-3-5-10/h1-5,11H,6-9,15H2,(H,16,19)(H,17,18). The zero-order chi connectivity index (χ0) is 14.6. The van der Waals surface area contributed by atoms with E-state index in [1.54, 1.807) is 30.3 Å². The first-order valence-corrected chi connectivity index (χ1v) is 6.48. The van der Waals surface area contributed by atoms with Crippen LogP contribution in [0.1, 0.15) is 24.4 Å². The Labute approximate surface area is 116 Å². The van der Waals surface area contributed by atoms with Crippen LogP contribution in [0.3, 0.4) is 0 Å². The van der Waals surface area contributed by atoms with Crippen LogP contribution in [0.15, 0.2) is 30.3 Å². The molecule has 1 atom stereocenters. The zero-order valence-electron chi connectivity index (χ0n) is 11.0. The zero-order valence-corrected chi connectivity index (χ0v) is 11.0. The van der Waals surface area contributed by atoms with Crippen LogP contribution < -0.4 is 11.1 Å². The minimum absolute atomic E-state index is 0.389. The van der Waals surface area contributed by atoms with Crippen molar-refractivity contribution in [3.8, 4) is 0 Å². The molecule has 0 radical (unpaired) electrons. The normalized spacial score (nSPS) is 19.1. The molecule has 1 aromatic carbocycles. The lowest BCUT2D eigenvalue weighted by Gasteiger charge is -2.32. The first-order chi connectivity index (χ1) is 9.53. The van der Waals surface area contributed by atoms with E-state index < -0.39 is 23.5 Å². The van der Waals surface area contributed by atoms with Crippen molar-refractivity contribution in [3.63, 3.8) is 0 Å². The highest BCUT2D eigenvalue weighted by Gasteiger charge is 2.38. The van der Waals surface area contributed by atoms with Crippen molar-refractivity contribution in [2.45, 2.75) is 24.4 Å². The number of carboxylic acid groups (broad SMARTS) is 1. The third kappa shape index (κ3) is 3.15. The van der Waals surface area contributed by atoms with E-state index in [-0.39, 0.29) is 0 Å². The molecule has 0 saturated carbocycles. The van der Waals surface area contributed by atoms with Gasteiger partial charge in [-0.25, -0.2) is 4.79 Å². The van der Waals surface area contributed by atoms with E-state index >= 15 is 0 Å². The quantitative estimate of drug-likeness (QED) is 0.741. The van der Waals surface area contributed by atoms with Gasteiger partial charge in [-0.05, 0) is 18.4 Å². The Balaban J connectivity index is 2.12. The van der Waals surface area contributed by atoms with E-state index in [2.05, 4.69) is 5.32 Å². The van der Waals surface area contributed by atoms with Crippen LogP contribution in [0.25, 0.3) is 0 Å². The van der Waals surface area contributed by atoms with Crippen molar-refractivity contribution in [2.24, 2.45) is 5.73 Å². The van der Waals surface area contributed by atoms with Gasteiger partial charge in [0.05, 0.1) is 5.54 Å². The SMILES string of the molecule is NC1(C(=O)NC(C(=O)O)c2ccccc2)CCOCC1. The highest BCUT2D eigenvalue weighted by Crippen LogP contribution is 2.20. The van der Waals surface area contributed by atoms with Gasteiger partial charge in [-0.15, -0.1) is 0 Å². The molecular formula is C14H18N2O4. The number of hydrogen-bond donors (Lipinski definition) is 3. The van der Waals surface area contributed by atoms with E-state index in [9.17, 15) is 14.7 Å². The van der Waals surface area contributed by atoms with E-state index in [1.807, 2.05) is 0 Å². The number of aliphatic carboxylic acids is 1. The molecule has 0 aliphatic carbocycles. The number of ether oxygens (including phenoxy) is 1. The predicted molar refractivity (Wildman–Crippen MR) is 71.9 cm³/mol. The topological polar surface area (TPSA) is 102 Å². The first-order valence-electron chi connectivity index (χ1n) is 6.48. The van der Waals surface area contributed by atoms with Gasteiger partial charge < -0.3 is 20.9 Å². The molecule has 4 N–H and O–H groups in total. The third-order valence-corrected chi connectivity index (χ3v) is 3.49. The number of benzene rings is 1. The lowest BCUT2D eigenvalue weighted by atomic mass is 9.89. The van der Waals surface area contributed by atoms with Gasteiger partial charge in [0.15, 0.2) is 6.04 Å². The molecule has 1 fully saturated rings. The van der Waals surface area contributed by atoms with Crippen molar-refractivity contribution in [1.29, 1.82) is 0 Å². The lowest BCUT2D eigenvalue weighted by Crippen LogP contribution is -2.58. The Morgan fingerprint density at radius 2 is 1.85 bits per heavy atom. The number of nitrogens with two attached hydrogens (primary N) is 1. The molecule has 6 nitrogen and oxygen atoms in total. The Kier molecular flexibility index (Phi) is 4.36. The summed E-state index contributed by atoms with van der Waals surface area (Å²) in [4.78, 5) is 23.6. The number of carbonyl (C=O) groups excluding carboxylic acids is 1. The van der Waals surface area contributed by atoms with E-state index in [0.717, 1.165) is 0 Å². The molecule has 6 heteroatoms. The van der Waals surface area contributed by atoms with Crippen LogP contribution in [0.5, 0.6) is 0 Å². The Hall–Kier alpha value is -1.92. The number of nitrogens with one attached hydrogen (secondary N) is 1. The highest BCUT2D eigenvalue weighted by atomic mass is 16.5. The number of amides is 1. The summed E-state index contributed by atoms with van der Waals surface area (Å²) in [6, 6.07) is 7.46. The molecule has 0 bridgehead atoms. The first kappa shape index (κ1) is 14.5. The van der Waals surface area contributed by atoms with Crippen LogP contribution in [0.2, 0.25) is 0 Å². The molecule has 0 aromatic heterocycles. The Bertz CT molecular complexity index is 483. The van der Waals surface area contributed by atoms with Crippen molar-refractivity contribution >= 4 is 11.9 Å². The second kappa shape index (κ2) is 6.02. The van der Waals surface area contributed by atoms with Crippen LogP contribution in [-0.4, -0.2) is 35.7 Å². The van der Waals surface area contributed by atoms with Gasteiger partial charge in [-0.3, -0.25) is 4.79 Å². The maximum absolute atomic E-state index is 12.3. The number of rotatable bonds is 4. The maximum atomic E-state index is 12.3. The minimum Gasteiger partial charge on any atom is -0.479 e. The summed E-state index contributed by atoms with van der Waals surface area (Å²) < 4.78 is 5.18. The maximum Gasteiger partial charge on any atom is 0.330 e. The Morgan fingerprint density at radius 3 is 2.40 bits per heavy atom. The van der Waals surface area contributed by atoms with Gasteiger partial charge in [-0.1, -0.05) is 30.3 Å². The largest absolute Gasteiger partial charge is 0.479 e. The van der Waals surface area contributed by atoms with Gasteiger partial charge >= 0.3 is 5.97 Å². The van der Waals surface area contributed by atoms with Gasteiger partial charge in [0.2, 0.25) is 5.91 Å². The lowest BCUT2D eigenvalue weighted by molar-refractivity contribution is -0.143. The molecule has 1 heterocycles. The molecule has 2 rings (SSSR count). The summed E-state index contributed by atoms with van der Waals surface area (Å²) in [6.45, 7) is 0.819. The van der Waals surface area contributed by atoms with Crippen molar-refractivity contribution in [3.05, 3.63) is 35.9 Å². The van der Waals surface area contributed by atoms with E-state index in [0.29, 0.717) is 31.6 Å².